The summed E-state index contributed by atoms with van der Waals surface area (Å²) < 4.78 is 0. The van der Waals surface area contributed by atoms with Gasteiger partial charge in [-0.3, -0.25) is 9.69 Å². The van der Waals surface area contributed by atoms with Crippen molar-refractivity contribution in [2.75, 3.05) is 19.6 Å². The standard InChI is InChI=1S/C23H26N2O2/c26-19-8-4-5-16(13-19)14-21(27)25-15-20(17-6-2-1-3-7-17)23-22(25)18-9-11-24(23)12-10-18/h1-8,13,18,20,22-23,26H,9-12,14-15H2/t20-,22+,23+/m1/s1. The molecule has 4 aliphatic rings. The van der Waals surface area contributed by atoms with Gasteiger partial charge >= 0.3 is 0 Å². The minimum Gasteiger partial charge on any atom is -0.508 e. The quantitative estimate of drug-likeness (QED) is 0.913. The SMILES string of the molecule is O=C(Cc1cccc(O)c1)N1C[C@H](c2ccccc2)[C@H]2[C@@H]1C1CCN2CC1. The van der Waals surface area contributed by atoms with Crippen LogP contribution in [0.3, 0.4) is 0 Å². The molecule has 2 aromatic rings. The van der Waals surface area contributed by atoms with Crippen molar-refractivity contribution < 1.29 is 9.90 Å². The van der Waals surface area contributed by atoms with E-state index >= 15 is 0 Å². The summed E-state index contributed by atoms with van der Waals surface area (Å²) in [5.41, 5.74) is 2.24. The molecule has 0 radical (unpaired) electrons. The van der Waals surface area contributed by atoms with E-state index in [9.17, 15) is 9.90 Å². The Morgan fingerprint density at radius 2 is 1.78 bits per heavy atom. The first-order valence-corrected chi connectivity index (χ1v) is 10.1. The van der Waals surface area contributed by atoms with E-state index < -0.39 is 0 Å². The largest absolute Gasteiger partial charge is 0.508 e. The van der Waals surface area contributed by atoms with Crippen LogP contribution in [0.15, 0.2) is 54.6 Å². The summed E-state index contributed by atoms with van der Waals surface area (Å²) in [5, 5.41) is 9.72. The number of rotatable bonds is 3. The number of carbonyl (C=O) groups is 1. The number of aromatic hydroxyl groups is 1. The fourth-order valence-electron chi connectivity index (χ4n) is 5.64. The van der Waals surface area contributed by atoms with E-state index in [1.165, 1.54) is 31.5 Å². The minimum absolute atomic E-state index is 0.197. The predicted molar refractivity (Wildman–Crippen MR) is 105 cm³/mol. The number of nitrogens with zero attached hydrogens (tertiary/aromatic N) is 2. The first kappa shape index (κ1) is 16.8. The molecule has 0 aliphatic carbocycles. The fraction of sp³-hybridized carbons (Fsp3) is 0.435. The van der Waals surface area contributed by atoms with E-state index in [4.69, 9.17) is 0 Å². The van der Waals surface area contributed by atoms with Crippen LogP contribution in [0.1, 0.15) is 29.9 Å². The lowest BCUT2D eigenvalue weighted by atomic mass is 9.75. The van der Waals surface area contributed by atoms with Gasteiger partial charge in [0.2, 0.25) is 5.91 Å². The summed E-state index contributed by atoms with van der Waals surface area (Å²) in [6.45, 7) is 3.15. The van der Waals surface area contributed by atoms with Crippen molar-refractivity contribution >= 4 is 5.91 Å². The van der Waals surface area contributed by atoms with Crippen molar-refractivity contribution in [3.63, 3.8) is 0 Å². The van der Waals surface area contributed by atoms with Crippen molar-refractivity contribution in [3.05, 3.63) is 65.7 Å². The molecule has 0 saturated carbocycles. The van der Waals surface area contributed by atoms with E-state index in [-0.39, 0.29) is 11.7 Å². The number of likely N-dealkylation sites (tertiary alicyclic amines) is 1. The van der Waals surface area contributed by atoms with Crippen LogP contribution in [0.2, 0.25) is 0 Å². The molecular weight excluding hydrogens is 336 g/mol. The highest BCUT2D eigenvalue weighted by molar-refractivity contribution is 5.80. The number of phenolic OH excluding ortho intramolecular Hbond substituents is 1. The summed E-state index contributed by atoms with van der Waals surface area (Å²) in [6.07, 6.45) is 2.78. The van der Waals surface area contributed by atoms with Crippen LogP contribution in [0.5, 0.6) is 5.75 Å². The third-order valence-electron chi connectivity index (χ3n) is 6.81. The Labute approximate surface area is 160 Å². The Morgan fingerprint density at radius 3 is 2.52 bits per heavy atom. The molecule has 4 aliphatic heterocycles. The lowest BCUT2D eigenvalue weighted by molar-refractivity contribution is -0.135. The smallest absolute Gasteiger partial charge is 0.227 e. The van der Waals surface area contributed by atoms with Gasteiger partial charge in [0.1, 0.15) is 5.75 Å². The molecule has 4 heteroatoms. The second-order valence-electron chi connectivity index (χ2n) is 8.26. The Hall–Kier alpha value is -2.33. The van der Waals surface area contributed by atoms with E-state index in [1.54, 1.807) is 12.1 Å². The molecule has 1 amide bonds. The number of amides is 1. The van der Waals surface area contributed by atoms with Gasteiger partial charge in [-0.1, -0.05) is 42.5 Å². The third-order valence-corrected chi connectivity index (χ3v) is 6.81. The molecule has 4 nitrogen and oxygen atoms in total. The molecule has 1 N–H and O–H groups in total. The zero-order chi connectivity index (χ0) is 18.4. The maximum absolute atomic E-state index is 13.3. The van der Waals surface area contributed by atoms with Crippen molar-refractivity contribution in [2.24, 2.45) is 5.92 Å². The average molecular weight is 362 g/mol. The fourth-order valence-corrected chi connectivity index (χ4v) is 5.64. The molecule has 4 heterocycles. The summed E-state index contributed by atoms with van der Waals surface area (Å²) >= 11 is 0. The Bertz CT molecular complexity index is 829. The van der Waals surface area contributed by atoms with Gasteiger partial charge in [0.05, 0.1) is 12.5 Å². The lowest BCUT2D eigenvalue weighted by Crippen LogP contribution is -2.60. The van der Waals surface area contributed by atoms with Crippen LogP contribution < -0.4 is 0 Å². The van der Waals surface area contributed by atoms with Crippen LogP contribution in [0.25, 0.3) is 0 Å². The second-order valence-corrected chi connectivity index (χ2v) is 8.26. The number of phenols is 1. The number of carbonyl (C=O) groups excluding carboxylic acids is 1. The summed E-state index contributed by atoms with van der Waals surface area (Å²) in [5.74, 6) is 1.45. The van der Waals surface area contributed by atoms with E-state index in [2.05, 4.69) is 40.1 Å². The highest BCUT2D eigenvalue weighted by atomic mass is 16.3. The molecule has 27 heavy (non-hydrogen) atoms. The predicted octanol–water partition coefficient (Wildman–Crippen LogP) is 3.02. The number of hydrogen-bond acceptors (Lipinski definition) is 3. The maximum atomic E-state index is 13.3. The van der Waals surface area contributed by atoms with Crippen LogP contribution in [-0.2, 0) is 11.2 Å². The van der Waals surface area contributed by atoms with Gasteiger partial charge in [-0.15, -0.1) is 0 Å². The third kappa shape index (κ3) is 2.92. The Balaban J connectivity index is 1.44. The van der Waals surface area contributed by atoms with Crippen LogP contribution in [-0.4, -0.2) is 52.5 Å². The van der Waals surface area contributed by atoms with Gasteiger partial charge in [0.25, 0.3) is 0 Å². The van der Waals surface area contributed by atoms with E-state index in [0.29, 0.717) is 30.3 Å². The second kappa shape index (κ2) is 6.68. The van der Waals surface area contributed by atoms with E-state index in [0.717, 1.165) is 12.1 Å². The van der Waals surface area contributed by atoms with Gasteiger partial charge < -0.3 is 10.0 Å². The molecule has 3 atom stereocenters. The van der Waals surface area contributed by atoms with Crippen LogP contribution >= 0.6 is 0 Å². The molecule has 2 aromatic carbocycles. The molecule has 2 bridgehead atoms. The molecule has 6 rings (SSSR count). The Morgan fingerprint density at radius 1 is 1.00 bits per heavy atom. The highest BCUT2D eigenvalue weighted by Gasteiger charge is 2.54. The van der Waals surface area contributed by atoms with Gasteiger partial charge in [-0.25, -0.2) is 0 Å². The Kier molecular flexibility index (Phi) is 4.16. The lowest BCUT2D eigenvalue weighted by Gasteiger charge is -2.51. The number of hydrogen-bond donors (Lipinski definition) is 1. The molecule has 0 spiro atoms. The van der Waals surface area contributed by atoms with Crippen molar-refractivity contribution in [1.82, 2.24) is 9.80 Å². The van der Waals surface area contributed by atoms with Gasteiger partial charge in [0, 0.05) is 18.5 Å². The van der Waals surface area contributed by atoms with Gasteiger partial charge in [-0.05, 0) is 55.1 Å². The van der Waals surface area contributed by atoms with E-state index in [1.807, 2.05) is 12.1 Å². The maximum Gasteiger partial charge on any atom is 0.227 e. The highest BCUT2D eigenvalue weighted by Crippen LogP contribution is 2.46. The molecule has 4 fully saturated rings. The number of fused-ring (bicyclic) bond motifs is 2. The first-order chi connectivity index (χ1) is 13.2. The molecular formula is C23H26N2O2. The molecule has 4 saturated heterocycles. The van der Waals surface area contributed by atoms with Crippen molar-refractivity contribution in [2.45, 2.75) is 37.3 Å². The van der Waals surface area contributed by atoms with Crippen molar-refractivity contribution in [1.29, 1.82) is 0 Å². The van der Waals surface area contributed by atoms with Gasteiger partial charge in [-0.2, -0.15) is 0 Å². The van der Waals surface area contributed by atoms with Crippen LogP contribution in [0, 0.1) is 5.92 Å². The monoisotopic (exact) mass is 362 g/mol. The number of piperidine rings is 3. The normalized spacial score (nSPS) is 31.7. The molecule has 0 unspecified atom stereocenters. The van der Waals surface area contributed by atoms with Crippen LogP contribution in [0.4, 0.5) is 0 Å². The summed E-state index contributed by atoms with van der Waals surface area (Å²) in [6, 6.07) is 18.6. The summed E-state index contributed by atoms with van der Waals surface area (Å²) in [7, 11) is 0. The van der Waals surface area contributed by atoms with Crippen molar-refractivity contribution in [3.8, 4) is 5.75 Å². The zero-order valence-corrected chi connectivity index (χ0v) is 15.5. The zero-order valence-electron chi connectivity index (χ0n) is 15.5. The van der Waals surface area contributed by atoms with Gasteiger partial charge in [0.15, 0.2) is 0 Å². The first-order valence-electron chi connectivity index (χ1n) is 10.1. The summed E-state index contributed by atoms with van der Waals surface area (Å²) in [4.78, 5) is 18.1. The topological polar surface area (TPSA) is 43.8 Å². The number of benzene rings is 2. The average Bonchev–Trinajstić information content (AvgIpc) is 3.13. The molecule has 0 aromatic heterocycles. The minimum atomic E-state index is 0.197. The molecule has 140 valence electrons.